The molecule has 0 saturated carbocycles. The Morgan fingerprint density at radius 2 is 2.19 bits per heavy atom. The lowest BCUT2D eigenvalue weighted by Crippen LogP contribution is -2.52. The van der Waals surface area contributed by atoms with Gasteiger partial charge in [0.2, 0.25) is 5.91 Å². The van der Waals surface area contributed by atoms with Crippen LogP contribution in [0.3, 0.4) is 0 Å². The SMILES string of the molecule is N#CC1CN(C(=O)[C@H]2CCc3c(sc4ncnc(Nc5cc6snnc6cc5Cl)c34)C2)C1. The van der Waals surface area contributed by atoms with E-state index in [2.05, 4.69) is 30.9 Å². The standard InChI is InChI=1S/C21H16ClN7OS2/c22-13-4-15-17(32-28-27-15)5-14(13)26-19-18-12-2-1-11(21(30)29-7-10(6-23)8-29)3-16(12)31-20(18)25-9-24-19/h4-5,9-11H,1-3,7-8H2,(H,24,25,26)/t11-/m0/s1. The van der Waals surface area contributed by atoms with Crippen molar-refractivity contribution < 1.29 is 4.79 Å². The number of anilines is 2. The first-order valence-corrected chi connectivity index (χ1v) is 12.2. The third kappa shape index (κ3) is 3.20. The second kappa shape index (κ2) is 7.62. The summed E-state index contributed by atoms with van der Waals surface area (Å²) in [5.41, 5.74) is 2.73. The molecule has 4 aromatic rings. The highest BCUT2D eigenvalue weighted by Crippen LogP contribution is 2.42. The number of aromatic nitrogens is 4. The lowest BCUT2D eigenvalue weighted by molar-refractivity contribution is -0.141. The van der Waals surface area contributed by atoms with Crippen LogP contribution in [0.5, 0.6) is 0 Å². The number of rotatable bonds is 3. The van der Waals surface area contributed by atoms with Crippen LogP contribution in [0.2, 0.25) is 5.02 Å². The third-order valence-corrected chi connectivity index (χ3v) is 8.32. The van der Waals surface area contributed by atoms with Gasteiger partial charge in [-0.15, -0.1) is 16.4 Å². The number of thiophene rings is 1. The topological polar surface area (TPSA) is 108 Å². The molecule has 0 radical (unpaired) electrons. The van der Waals surface area contributed by atoms with Gasteiger partial charge in [0.1, 0.15) is 22.5 Å². The number of carbonyl (C=O) groups is 1. The molecule has 8 nitrogen and oxygen atoms in total. The summed E-state index contributed by atoms with van der Waals surface area (Å²) >= 11 is 9.42. The van der Waals surface area contributed by atoms with Gasteiger partial charge in [-0.25, -0.2) is 9.97 Å². The average Bonchev–Trinajstić information content (AvgIpc) is 3.36. The van der Waals surface area contributed by atoms with Crippen molar-refractivity contribution in [2.75, 3.05) is 18.4 Å². The van der Waals surface area contributed by atoms with Crippen molar-refractivity contribution in [3.63, 3.8) is 0 Å². The van der Waals surface area contributed by atoms with Crippen LogP contribution >= 0.6 is 34.5 Å². The highest BCUT2D eigenvalue weighted by molar-refractivity contribution is 7.19. The number of nitriles is 1. The molecule has 1 N–H and O–H groups in total. The summed E-state index contributed by atoms with van der Waals surface area (Å²) in [6.07, 6.45) is 3.85. The van der Waals surface area contributed by atoms with E-state index < -0.39 is 0 Å². The number of benzene rings is 1. The molecule has 1 aliphatic carbocycles. The van der Waals surface area contributed by atoms with Gasteiger partial charge < -0.3 is 10.2 Å². The minimum Gasteiger partial charge on any atom is -0.340 e. The van der Waals surface area contributed by atoms with Gasteiger partial charge in [-0.3, -0.25) is 4.79 Å². The van der Waals surface area contributed by atoms with Gasteiger partial charge in [-0.2, -0.15) is 5.26 Å². The van der Waals surface area contributed by atoms with Gasteiger partial charge in [0.05, 0.1) is 32.8 Å². The van der Waals surface area contributed by atoms with E-state index in [0.717, 1.165) is 44.8 Å². The maximum Gasteiger partial charge on any atom is 0.226 e. The van der Waals surface area contributed by atoms with E-state index in [9.17, 15) is 4.79 Å². The smallest absolute Gasteiger partial charge is 0.226 e. The van der Waals surface area contributed by atoms with Crippen LogP contribution in [0.15, 0.2) is 18.5 Å². The third-order valence-electron chi connectivity index (χ3n) is 6.16. The Morgan fingerprint density at radius 1 is 1.31 bits per heavy atom. The van der Waals surface area contributed by atoms with Crippen molar-refractivity contribution >= 4 is 72.3 Å². The first-order chi connectivity index (χ1) is 15.6. The zero-order chi connectivity index (χ0) is 21.8. The molecule has 4 heterocycles. The summed E-state index contributed by atoms with van der Waals surface area (Å²) in [5.74, 6) is 0.839. The molecule has 1 atom stereocenters. The molecular weight excluding hydrogens is 466 g/mol. The zero-order valence-electron chi connectivity index (χ0n) is 16.7. The lowest BCUT2D eigenvalue weighted by Gasteiger charge is -2.38. The van der Waals surface area contributed by atoms with Gasteiger partial charge in [0.15, 0.2) is 0 Å². The quantitative estimate of drug-likeness (QED) is 0.467. The van der Waals surface area contributed by atoms with E-state index >= 15 is 0 Å². The largest absolute Gasteiger partial charge is 0.340 e. The summed E-state index contributed by atoms with van der Waals surface area (Å²) in [5, 5.41) is 18.0. The Morgan fingerprint density at radius 3 is 3.03 bits per heavy atom. The van der Waals surface area contributed by atoms with E-state index in [1.807, 2.05) is 11.0 Å². The Kier molecular flexibility index (Phi) is 4.71. The van der Waals surface area contributed by atoms with E-state index in [1.54, 1.807) is 23.7 Å². The normalized spacial score (nSPS) is 18.4. The first kappa shape index (κ1) is 19.8. The van der Waals surface area contributed by atoms with Gasteiger partial charge in [0, 0.05) is 23.9 Å². The number of amides is 1. The second-order valence-electron chi connectivity index (χ2n) is 8.11. The van der Waals surface area contributed by atoms with Gasteiger partial charge in [-0.1, -0.05) is 16.1 Å². The molecule has 0 bridgehead atoms. The summed E-state index contributed by atoms with van der Waals surface area (Å²) in [6, 6.07) is 5.97. The van der Waals surface area contributed by atoms with Gasteiger partial charge in [-0.05, 0) is 48.5 Å². The fourth-order valence-corrected chi connectivity index (χ4v) is 6.49. The number of hydrogen-bond acceptors (Lipinski definition) is 9. The molecule has 160 valence electrons. The molecule has 1 aliphatic heterocycles. The fraction of sp³-hybridized carbons (Fsp3) is 0.333. The van der Waals surface area contributed by atoms with Crippen molar-refractivity contribution in [1.82, 2.24) is 24.5 Å². The molecule has 1 amide bonds. The van der Waals surface area contributed by atoms with Crippen LogP contribution in [-0.2, 0) is 17.6 Å². The van der Waals surface area contributed by atoms with Crippen molar-refractivity contribution in [2.24, 2.45) is 11.8 Å². The number of aryl methyl sites for hydroxylation is 1. The van der Waals surface area contributed by atoms with E-state index in [-0.39, 0.29) is 17.7 Å². The van der Waals surface area contributed by atoms with Crippen LogP contribution in [0.1, 0.15) is 16.9 Å². The molecule has 2 aliphatic rings. The molecule has 1 saturated heterocycles. The molecular formula is C21H16ClN7OS2. The first-order valence-electron chi connectivity index (χ1n) is 10.2. The molecule has 11 heteroatoms. The number of likely N-dealkylation sites (tertiary alicyclic amines) is 1. The molecule has 32 heavy (non-hydrogen) atoms. The Hall–Kier alpha value is -2.87. The van der Waals surface area contributed by atoms with Crippen molar-refractivity contribution in [3.05, 3.63) is 33.9 Å². The Balaban J connectivity index is 1.30. The number of fused-ring (bicyclic) bond motifs is 4. The van der Waals surface area contributed by atoms with Crippen LogP contribution in [-0.4, -0.2) is 43.5 Å². The van der Waals surface area contributed by atoms with Crippen molar-refractivity contribution in [1.29, 1.82) is 5.26 Å². The maximum absolute atomic E-state index is 12.9. The minimum atomic E-state index is -0.0322. The lowest BCUT2D eigenvalue weighted by atomic mass is 9.85. The van der Waals surface area contributed by atoms with E-state index in [1.165, 1.54) is 22.0 Å². The Bertz CT molecular complexity index is 1420. The van der Waals surface area contributed by atoms with E-state index in [4.69, 9.17) is 16.9 Å². The van der Waals surface area contributed by atoms with Crippen molar-refractivity contribution in [2.45, 2.75) is 19.3 Å². The monoisotopic (exact) mass is 481 g/mol. The van der Waals surface area contributed by atoms with Gasteiger partial charge >= 0.3 is 0 Å². The second-order valence-corrected chi connectivity index (χ2v) is 10.4. The number of nitrogens with one attached hydrogen (secondary N) is 1. The van der Waals surface area contributed by atoms with Crippen molar-refractivity contribution in [3.8, 4) is 6.07 Å². The molecule has 3 aromatic heterocycles. The average molecular weight is 482 g/mol. The number of halogens is 1. The van der Waals surface area contributed by atoms with Crippen LogP contribution in [0.25, 0.3) is 20.4 Å². The highest BCUT2D eigenvalue weighted by atomic mass is 35.5. The predicted octanol–water partition coefficient (Wildman–Crippen LogP) is 4.18. The molecule has 6 rings (SSSR count). The van der Waals surface area contributed by atoms with Gasteiger partial charge in [0.25, 0.3) is 0 Å². The molecule has 0 spiro atoms. The van der Waals surface area contributed by atoms with E-state index in [0.29, 0.717) is 24.5 Å². The minimum absolute atomic E-state index is 0.0156. The number of hydrogen-bond donors (Lipinski definition) is 1. The number of nitrogens with zero attached hydrogens (tertiary/aromatic N) is 6. The summed E-state index contributed by atoms with van der Waals surface area (Å²) < 4.78 is 4.92. The molecule has 0 unspecified atom stereocenters. The van der Waals surface area contributed by atoms with Crippen LogP contribution in [0, 0.1) is 23.2 Å². The summed E-state index contributed by atoms with van der Waals surface area (Å²) in [6.45, 7) is 1.12. The highest BCUT2D eigenvalue weighted by Gasteiger charge is 2.37. The Labute approximate surface area is 196 Å². The van der Waals surface area contributed by atoms with Crippen LogP contribution < -0.4 is 5.32 Å². The summed E-state index contributed by atoms with van der Waals surface area (Å²) in [4.78, 5) is 25.8. The maximum atomic E-state index is 12.9. The zero-order valence-corrected chi connectivity index (χ0v) is 19.1. The molecule has 1 fully saturated rings. The molecule has 1 aromatic carbocycles. The predicted molar refractivity (Wildman–Crippen MR) is 124 cm³/mol. The van der Waals surface area contributed by atoms with Crippen LogP contribution in [0.4, 0.5) is 11.5 Å². The number of carbonyl (C=O) groups excluding carboxylic acids is 1. The summed E-state index contributed by atoms with van der Waals surface area (Å²) in [7, 11) is 0. The fourth-order valence-electron chi connectivity index (χ4n) is 4.44.